The first-order valence-corrected chi connectivity index (χ1v) is 39.8. The highest BCUT2D eigenvalue weighted by molar-refractivity contribution is 9.10. The molecule has 0 saturated carbocycles. The standard InChI is InChI=1S/C78H109BrN14O26/c1-7-9-10-11-12-13-14-21-65(102)87-55(26-46-36-93(6)59-20-16-15-18-49(46)59)76(114)89-54(33-64(81)101)62(99)27-45(29-69(107)108)72(110)92-70-44(5)119-78(116)56(32-60(97)51-30-48(79)22-23-52(51)82-8-2)90-74(112)50(42(3)25-68(105)106)31-63(100)57(37-94)88-67(104)34-83-75(113)58(39-118-41-96)91-71(109)43(4)85-73(111)47(38-117-40-95)28-61(98)53(19-17-24-80)86-66(103)35-84-77(70)115/h15-16,18,20,22-23,30,36,40-45,47,50,53-58,70,82,94H,7-14,17,19,21,24-29,31-35,37-39,80H2,1-6H3,(H2,81,101)(H,83,113)(H,84,115)(H,85,111)(H,86,103)(H,87,102)(H,88,104)(H,89,114)(H,90,112)(H,91,109)(H,92,110)(H,105,106)(H,107,108)/t42-,43-,44-,45+,47+,50+,53+,54-,55+,56+,57-,58+,70+/m1/s1. The number of nitrogens with two attached hydrogens (primary N) is 2. The number of hydrogen-bond acceptors (Lipinski definition) is 26. The van der Waals surface area contributed by atoms with E-state index >= 15 is 4.79 Å². The number of ketones is 4. The van der Waals surface area contributed by atoms with Crippen LogP contribution in [-0.2, 0) is 119 Å². The van der Waals surface area contributed by atoms with Gasteiger partial charge in [0.05, 0.1) is 56.5 Å². The molecule has 0 aliphatic carbocycles. The summed E-state index contributed by atoms with van der Waals surface area (Å²) in [6.45, 7) is 1.83. The lowest BCUT2D eigenvalue weighted by molar-refractivity contribution is -0.156. The average molecular weight is 1740 g/mol. The second-order valence-electron chi connectivity index (χ2n) is 28.9. The van der Waals surface area contributed by atoms with Crippen molar-refractivity contribution in [1.82, 2.24) is 57.7 Å². The van der Waals surface area contributed by atoms with Crippen LogP contribution in [0.25, 0.3) is 10.9 Å². The number of aromatic nitrogens is 1. The van der Waals surface area contributed by atoms with E-state index in [0.717, 1.165) is 51.5 Å². The van der Waals surface area contributed by atoms with Crippen molar-refractivity contribution in [3.63, 3.8) is 0 Å². The molecule has 2 heterocycles. The highest BCUT2D eigenvalue weighted by Crippen LogP contribution is 2.27. The van der Waals surface area contributed by atoms with Crippen LogP contribution in [0.5, 0.6) is 0 Å². The largest absolute Gasteiger partial charge is 0.481 e. The number of benzene rings is 2. The number of primary amides is 1. The first kappa shape index (κ1) is 99.7. The summed E-state index contributed by atoms with van der Waals surface area (Å²) in [5, 5.41) is 57.6. The monoisotopic (exact) mass is 1740 g/mol. The Balaban J connectivity index is 1.91. The number of carbonyl (C=O) groups excluding carboxylic acids is 18. The van der Waals surface area contributed by atoms with Gasteiger partial charge in [0.2, 0.25) is 65.0 Å². The van der Waals surface area contributed by atoms with E-state index in [-0.39, 0.29) is 63.0 Å². The Morgan fingerprint density at radius 1 is 0.681 bits per heavy atom. The maximum absolute atomic E-state index is 15.1. The van der Waals surface area contributed by atoms with E-state index in [1.807, 2.05) is 6.07 Å². The van der Waals surface area contributed by atoms with E-state index in [1.54, 1.807) is 49.0 Å². The lowest BCUT2D eigenvalue weighted by Gasteiger charge is -2.29. The van der Waals surface area contributed by atoms with Gasteiger partial charge in [-0.15, -0.1) is 0 Å². The summed E-state index contributed by atoms with van der Waals surface area (Å²) in [6, 6.07) is -3.44. The van der Waals surface area contributed by atoms with Crippen LogP contribution in [0.15, 0.2) is 53.1 Å². The molecule has 119 heavy (non-hydrogen) atoms. The fourth-order valence-electron chi connectivity index (χ4n) is 13.0. The molecular weight excluding hydrogens is 1630 g/mol. The van der Waals surface area contributed by atoms with Gasteiger partial charge in [-0.2, -0.15) is 0 Å². The van der Waals surface area contributed by atoms with Crippen LogP contribution in [0.3, 0.4) is 0 Å². The van der Waals surface area contributed by atoms with E-state index in [4.69, 9.17) is 25.7 Å². The number of anilines is 1. The van der Waals surface area contributed by atoms with Crippen molar-refractivity contribution in [3.8, 4) is 0 Å². The summed E-state index contributed by atoms with van der Waals surface area (Å²) in [5.41, 5.74) is 12.9. The van der Waals surface area contributed by atoms with Gasteiger partial charge in [-0.05, 0) is 82.3 Å². The first-order valence-electron chi connectivity index (χ1n) is 39.0. The summed E-state index contributed by atoms with van der Waals surface area (Å²) in [5.74, 6) is -29.1. The molecular formula is C78H109BrN14O26. The number of esters is 1. The molecule has 41 heteroatoms. The number of aryl methyl sites for hydroxylation is 1. The molecule has 11 amide bonds. The fourth-order valence-corrected chi connectivity index (χ4v) is 13.4. The number of fused-ring (bicyclic) bond motifs is 1. The molecule has 1 saturated heterocycles. The molecule has 3 aromatic rings. The third-order valence-electron chi connectivity index (χ3n) is 19.4. The maximum atomic E-state index is 15.1. The predicted octanol–water partition coefficient (Wildman–Crippen LogP) is -1.33. The second-order valence-corrected chi connectivity index (χ2v) is 29.8. The number of carboxylic acid groups (broad SMARTS) is 2. The van der Waals surface area contributed by atoms with E-state index < -0.39 is 262 Å². The Kier molecular flexibility index (Phi) is 43.2. The number of aliphatic hydroxyl groups is 1. The van der Waals surface area contributed by atoms with Crippen molar-refractivity contribution in [2.24, 2.45) is 42.2 Å². The highest BCUT2D eigenvalue weighted by atomic mass is 79.9. The number of nitrogens with one attached hydrogen (secondary N) is 11. The summed E-state index contributed by atoms with van der Waals surface area (Å²) in [6.07, 6.45) is -1.98. The average Bonchev–Trinajstić information content (AvgIpc) is 1.71. The topological polar surface area (TPSA) is 619 Å². The number of unbranched alkanes of at least 4 members (excludes halogenated alkanes) is 6. The Bertz CT molecular complexity index is 4120. The molecule has 0 radical (unpaired) electrons. The number of cyclic esters (lactones) is 1. The molecule has 18 N–H and O–H groups in total. The second kappa shape index (κ2) is 51.6. The van der Waals surface area contributed by atoms with E-state index in [2.05, 4.69) is 81.3 Å². The van der Waals surface area contributed by atoms with E-state index in [1.165, 1.54) is 19.1 Å². The molecule has 1 fully saturated rings. The van der Waals surface area contributed by atoms with Gasteiger partial charge in [-0.1, -0.05) is 86.5 Å². The Morgan fingerprint density at radius 2 is 1.30 bits per heavy atom. The van der Waals surface area contributed by atoms with Crippen molar-refractivity contribution in [2.45, 2.75) is 205 Å². The molecule has 2 aromatic carbocycles. The van der Waals surface area contributed by atoms with Gasteiger partial charge in [0, 0.05) is 97.3 Å². The minimum absolute atomic E-state index is 0.00190. The van der Waals surface area contributed by atoms with Crippen LogP contribution in [0, 0.1) is 23.7 Å². The number of halogens is 1. The minimum Gasteiger partial charge on any atom is -0.481 e. The van der Waals surface area contributed by atoms with Crippen LogP contribution in [-0.4, -0.2) is 239 Å². The maximum Gasteiger partial charge on any atom is 0.329 e. The van der Waals surface area contributed by atoms with Gasteiger partial charge < -0.3 is 104 Å². The quantitative estimate of drug-likeness (QED) is 0.0103. The van der Waals surface area contributed by atoms with Gasteiger partial charge >= 0.3 is 17.9 Å². The summed E-state index contributed by atoms with van der Waals surface area (Å²) < 4.78 is 17.5. The molecule has 4 rings (SSSR count). The number of aliphatic hydroxyl groups excluding tert-OH is 1. The molecule has 0 spiro atoms. The van der Waals surface area contributed by atoms with Crippen LogP contribution in [0.4, 0.5) is 5.69 Å². The summed E-state index contributed by atoms with van der Waals surface area (Å²) in [4.78, 5) is 275. The van der Waals surface area contributed by atoms with Crippen molar-refractivity contribution >= 4 is 151 Å². The number of Topliss-reactive ketones (excluding diaryl/α,β-unsaturated/α-hetero) is 4. The zero-order valence-corrected chi connectivity index (χ0v) is 68.8. The lowest BCUT2D eigenvalue weighted by atomic mass is 9.84. The number of ether oxygens (including phenoxy) is 3. The molecule has 1 aliphatic rings. The molecule has 0 unspecified atom stereocenters. The van der Waals surface area contributed by atoms with Crippen molar-refractivity contribution < 1.29 is 125 Å². The van der Waals surface area contributed by atoms with Crippen molar-refractivity contribution in [2.75, 3.05) is 51.3 Å². The zero-order valence-electron chi connectivity index (χ0n) is 67.2. The van der Waals surface area contributed by atoms with Gasteiger partial charge in [0.1, 0.15) is 55.6 Å². The van der Waals surface area contributed by atoms with Gasteiger partial charge in [0.15, 0.2) is 23.1 Å². The Morgan fingerprint density at radius 3 is 1.93 bits per heavy atom. The summed E-state index contributed by atoms with van der Waals surface area (Å²) >= 11 is 3.30. The van der Waals surface area contributed by atoms with E-state index in [0.29, 0.717) is 28.3 Å². The van der Waals surface area contributed by atoms with Crippen LogP contribution in [0.2, 0.25) is 0 Å². The Hall–Kier alpha value is -11.6. The van der Waals surface area contributed by atoms with Crippen LogP contribution < -0.4 is 70.0 Å². The number of rotatable bonds is 40. The normalized spacial score (nSPS) is 21.0. The molecule has 1 aromatic heterocycles. The molecule has 13 atom stereocenters. The Labute approximate surface area is 693 Å². The fraction of sp³-hybridized carbons (Fsp3) is 0.564. The first-order chi connectivity index (χ1) is 56.5. The lowest BCUT2D eigenvalue weighted by Crippen LogP contribution is -2.57. The summed E-state index contributed by atoms with van der Waals surface area (Å²) in [7, 11) is 1.76. The number of carboxylic acids is 2. The van der Waals surface area contributed by atoms with Crippen molar-refractivity contribution in [3.05, 3.63) is 64.3 Å². The van der Waals surface area contributed by atoms with Gasteiger partial charge in [-0.25, -0.2) is 4.79 Å². The molecule has 654 valence electrons. The van der Waals surface area contributed by atoms with Gasteiger partial charge in [-0.3, -0.25) is 91.1 Å². The number of amides is 11. The van der Waals surface area contributed by atoms with Crippen molar-refractivity contribution in [1.29, 1.82) is 0 Å². The molecule has 1 aliphatic heterocycles. The molecule has 40 nitrogen and oxygen atoms in total. The predicted molar refractivity (Wildman–Crippen MR) is 425 cm³/mol. The zero-order chi connectivity index (χ0) is 88.6. The SMILES string of the molecule is CCCCCCCCCC(=O)N[C@@H](Cc1cn(C)c2ccccc12)C(=O)N[C@H](CC(N)=O)C(=O)C[C@@H](CC(=O)O)C(=O)N[C@@H]1C(=O)NCC(=O)N[C@@H](CCCN)C(=O)C[C@@H](COC=O)C(=O)N[C@H](C)C(=O)N[C@@H](COC=O)C(=O)NCC(=O)N[C@H](CO)C(=O)C[C@@H]([C@H](C)CC(=O)O)C(=O)N[C@@H](CC(=O)c2cc(Br)ccc2NCC)C(=O)O[C@@H]1C. The number of carbonyl (C=O) groups is 20. The molecule has 0 bridgehead atoms. The third kappa shape index (κ3) is 34.1. The minimum atomic E-state index is -2.36. The number of para-hydroxylation sites is 1. The number of hydrogen-bond donors (Lipinski definition) is 16. The number of aliphatic carboxylic acids is 2. The number of nitrogens with zero attached hydrogens (tertiary/aromatic N) is 1. The van der Waals surface area contributed by atoms with E-state index in [9.17, 15) is 106 Å². The third-order valence-corrected chi connectivity index (χ3v) is 19.9. The smallest absolute Gasteiger partial charge is 0.329 e. The van der Waals surface area contributed by atoms with Gasteiger partial charge in [0.25, 0.3) is 12.9 Å². The van der Waals surface area contributed by atoms with Crippen LogP contribution >= 0.6 is 15.9 Å². The highest BCUT2D eigenvalue weighted by Gasteiger charge is 2.41. The van der Waals surface area contributed by atoms with Crippen LogP contribution in [0.1, 0.15) is 160 Å².